The Kier molecular flexibility index (Phi) is 8.00. The molecule has 0 aliphatic carbocycles. The maximum atomic E-state index is 13.7. The predicted molar refractivity (Wildman–Crippen MR) is 123 cm³/mol. The molecule has 0 aliphatic rings. The number of rotatable bonds is 9. The van der Waals surface area contributed by atoms with E-state index in [1.165, 1.54) is 17.4 Å². The molecule has 2 nitrogen and oxygen atoms in total. The summed E-state index contributed by atoms with van der Waals surface area (Å²) in [5.41, 5.74) is 2.27. The monoisotopic (exact) mass is 466 g/mol. The molecule has 166 valence electrons. The van der Waals surface area contributed by atoms with Crippen molar-refractivity contribution in [2.24, 2.45) is 0 Å². The van der Waals surface area contributed by atoms with Crippen LogP contribution in [-0.4, -0.2) is 18.6 Å². The second kappa shape index (κ2) is 10.5. The molecule has 0 amide bonds. The maximum absolute atomic E-state index is 13.7. The van der Waals surface area contributed by atoms with Crippen molar-refractivity contribution in [1.29, 1.82) is 0 Å². The van der Waals surface area contributed by atoms with Crippen molar-refractivity contribution in [3.05, 3.63) is 80.3 Å². The molecule has 0 fully saturated rings. The second-order valence-corrected chi connectivity index (χ2v) is 9.07. The number of nitrogens with zero attached hydrogens (tertiary/aromatic N) is 2. The summed E-state index contributed by atoms with van der Waals surface area (Å²) in [6, 6.07) is 12.2. The van der Waals surface area contributed by atoms with E-state index < -0.39 is 11.7 Å². The van der Waals surface area contributed by atoms with Gasteiger partial charge in [-0.15, -0.1) is 11.3 Å². The Hall–Kier alpha value is -2.05. The molecule has 0 aliphatic heterocycles. The van der Waals surface area contributed by atoms with Gasteiger partial charge in [-0.2, -0.15) is 13.2 Å². The molecule has 0 N–H and O–H groups in total. The maximum Gasteiger partial charge on any atom is 0.418 e. The number of alkyl halides is 3. The summed E-state index contributed by atoms with van der Waals surface area (Å²) < 4.78 is 41.2. The van der Waals surface area contributed by atoms with E-state index in [1.54, 1.807) is 24.1 Å². The van der Waals surface area contributed by atoms with Gasteiger partial charge in [0.05, 0.1) is 16.3 Å². The Morgan fingerprint density at radius 2 is 1.71 bits per heavy atom. The van der Waals surface area contributed by atoms with Gasteiger partial charge in [0.15, 0.2) is 0 Å². The average Bonchev–Trinajstić information content (AvgIpc) is 3.16. The minimum atomic E-state index is -4.40. The fourth-order valence-electron chi connectivity index (χ4n) is 3.47. The van der Waals surface area contributed by atoms with E-state index in [-0.39, 0.29) is 5.69 Å². The van der Waals surface area contributed by atoms with Crippen molar-refractivity contribution in [3.63, 3.8) is 0 Å². The minimum absolute atomic E-state index is 0.231. The lowest BCUT2D eigenvalue weighted by Crippen LogP contribution is -2.22. The Morgan fingerprint density at radius 3 is 2.39 bits per heavy atom. The highest BCUT2D eigenvalue weighted by Crippen LogP contribution is 2.37. The number of anilines is 1. The van der Waals surface area contributed by atoms with E-state index in [0.717, 1.165) is 35.5 Å². The SMILES string of the molecule is CCCCCN(C)c1ccc(Cc2nc(Cc3ccc(Cl)cc3)cs2)cc1C(F)(F)F. The van der Waals surface area contributed by atoms with Crippen LogP contribution in [0.25, 0.3) is 0 Å². The quantitative estimate of drug-likeness (QED) is 0.301. The molecule has 7 heteroatoms. The van der Waals surface area contributed by atoms with Crippen molar-refractivity contribution in [3.8, 4) is 0 Å². The number of benzene rings is 2. The largest absolute Gasteiger partial charge is 0.418 e. The Bertz CT molecular complexity index is 983. The standard InChI is InChI=1S/C24H26ClF3N2S/c1-3-4-5-12-30(2)22-11-8-18(14-21(22)24(26,27)28)15-23-29-20(16-31-23)13-17-6-9-19(25)10-7-17/h6-11,14,16H,3-5,12-13,15H2,1-2H3. The molecular formula is C24H26ClF3N2S. The zero-order valence-corrected chi connectivity index (χ0v) is 19.2. The third kappa shape index (κ3) is 6.71. The van der Waals surface area contributed by atoms with Gasteiger partial charge in [0.2, 0.25) is 0 Å². The average molecular weight is 467 g/mol. The van der Waals surface area contributed by atoms with E-state index in [1.807, 2.05) is 29.6 Å². The number of halogens is 4. The Morgan fingerprint density at radius 1 is 1.00 bits per heavy atom. The van der Waals surface area contributed by atoms with Gasteiger partial charge in [0, 0.05) is 42.5 Å². The first-order valence-electron chi connectivity index (χ1n) is 10.3. The third-order valence-electron chi connectivity index (χ3n) is 5.13. The van der Waals surface area contributed by atoms with E-state index in [4.69, 9.17) is 11.6 Å². The molecule has 1 aromatic heterocycles. The van der Waals surface area contributed by atoms with Crippen molar-refractivity contribution >= 4 is 28.6 Å². The summed E-state index contributed by atoms with van der Waals surface area (Å²) >= 11 is 7.39. The first-order chi connectivity index (χ1) is 14.8. The van der Waals surface area contributed by atoms with Crippen LogP contribution in [0.5, 0.6) is 0 Å². The highest BCUT2D eigenvalue weighted by molar-refractivity contribution is 7.09. The highest BCUT2D eigenvalue weighted by atomic mass is 35.5. The molecule has 0 spiro atoms. The summed E-state index contributed by atoms with van der Waals surface area (Å²) in [6.45, 7) is 2.69. The lowest BCUT2D eigenvalue weighted by Gasteiger charge is -2.24. The van der Waals surface area contributed by atoms with Crippen LogP contribution in [0.3, 0.4) is 0 Å². The van der Waals surface area contributed by atoms with Crippen LogP contribution in [0.1, 0.15) is 53.6 Å². The molecule has 0 unspecified atom stereocenters. The van der Waals surface area contributed by atoms with Gasteiger partial charge in [-0.3, -0.25) is 0 Å². The smallest absolute Gasteiger partial charge is 0.374 e. The fraction of sp³-hybridized carbons (Fsp3) is 0.375. The lowest BCUT2D eigenvalue weighted by molar-refractivity contribution is -0.137. The number of thiazole rings is 1. The number of hydrogen-bond acceptors (Lipinski definition) is 3. The summed E-state index contributed by atoms with van der Waals surface area (Å²) in [5, 5.41) is 3.45. The van der Waals surface area contributed by atoms with Crippen LogP contribution in [0, 0.1) is 0 Å². The Balaban J connectivity index is 1.74. The van der Waals surface area contributed by atoms with Crippen LogP contribution in [0.4, 0.5) is 18.9 Å². The topological polar surface area (TPSA) is 16.1 Å². The first-order valence-corrected chi connectivity index (χ1v) is 11.6. The number of hydrogen-bond donors (Lipinski definition) is 0. The van der Waals surface area contributed by atoms with E-state index in [9.17, 15) is 13.2 Å². The summed E-state index contributed by atoms with van der Waals surface area (Å²) in [4.78, 5) is 6.32. The van der Waals surface area contributed by atoms with Gasteiger partial charge in [0.25, 0.3) is 0 Å². The number of unbranched alkanes of at least 4 members (excludes halogenated alkanes) is 2. The molecule has 3 aromatic rings. The first kappa shape index (κ1) is 23.6. The zero-order chi connectivity index (χ0) is 22.4. The molecule has 0 atom stereocenters. The van der Waals surface area contributed by atoms with Crippen LogP contribution in [0.2, 0.25) is 5.02 Å². The van der Waals surface area contributed by atoms with Gasteiger partial charge in [-0.1, -0.05) is 49.6 Å². The molecule has 0 saturated heterocycles. The van der Waals surface area contributed by atoms with Crippen molar-refractivity contribution < 1.29 is 13.2 Å². The summed E-state index contributed by atoms with van der Waals surface area (Å²) in [6.07, 6.45) is -0.426. The van der Waals surface area contributed by atoms with Crippen molar-refractivity contribution in [2.45, 2.75) is 45.2 Å². The highest BCUT2D eigenvalue weighted by Gasteiger charge is 2.34. The zero-order valence-electron chi connectivity index (χ0n) is 17.7. The number of aromatic nitrogens is 1. The third-order valence-corrected chi connectivity index (χ3v) is 6.28. The molecule has 2 aromatic carbocycles. The van der Waals surface area contributed by atoms with E-state index in [2.05, 4.69) is 11.9 Å². The van der Waals surface area contributed by atoms with Gasteiger partial charge >= 0.3 is 6.18 Å². The van der Waals surface area contributed by atoms with Gasteiger partial charge in [0.1, 0.15) is 0 Å². The molecular weight excluding hydrogens is 441 g/mol. The molecule has 0 bridgehead atoms. The van der Waals surface area contributed by atoms with E-state index in [0.29, 0.717) is 30.0 Å². The van der Waals surface area contributed by atoms with Crippen LogP contribution >= 0.6 is 22.9 Å². The molecule has 3 rings (SSSR count). The predicted octanol–water partition coefficient (Wildman–Crippen LogP) is 7.62. The summed E-state index contributed by atoms with van der Waals surface area (Å²) in [5.74, 6) is 0. The molecule has 0 radical (unpaired) electrons. The van der Waals surface area contributed by atoms with Crippen molar-refractivity contribution in [2.75, 3.05) is 18.5 Å². The van der Waals surface area contributed by atoms with Gasteiger partial charge in [-0.25, -0.2) is 4.98 Å². The van der Waals surface area contributed by atoms with Gasteiger partial charge in [-0.05, 0) is 41.8 Å². The molecule has 31 heavy (non-hydrogen) atoms. The van der Waals surface area contributed by atoms with Crippen molar-refractivity contribution in [1.82, 2.24) is 4.98 Å². The second-order valence-electron chi connectivity index (χ2n) is 7.69. The van der Waals surface area contributed by atoms with Gasteiger partial charge < -0.3 is 4.90 Å². The van der Waals surface area contributed by atoms with Crippen LogP contribution in [0.15, 0.2) is 47.8 Å². The Labute approximate surface area is 190 Å². The molecule has 1 heterocycles. The van der Waals surface area contributed by atoms with Crippen LogP contribution < -0.4 is 4.90 Å². The summed E-state index contributed by atoms with van der Waals surface area (Å²) in [7, 11) is 1.73. The van der Waals surface area contributed by atoms with Crippen LogP contribution in [-0.2, 0) is 19.0 Å². The normalized spacial score (nSPS) is 11.7. The molecule has 0 saturated carbocycles. The fourth-order valence-corrected chi connectivity index (χ4v) is 4.42. The van der Waals surface area contributed by atoms with E-state index >= 15 is 0 Å². The minimum Gasteiger partial charge on any atom is -0.374 e. The lowest BCUT2D eigenvalue weighted by atomic mass is 10.0.